The fraction of sp³-hybridized carbons (Fsp3) is 0.375. The normalized spacial score (nSPS) is 11.0. The van der Waals surface area contributed by atoms with E-state index in [1.54, 1.807) is 0 Å². The van der Waals surface area contributed by atoms with Gasteiger partial charge in [0.1, 0.15) is 5.75 Å². The van der Waals surface area contributed by atoms with E-state index >= 15 is 0 Å². The van der Waals surface area contributed by atoms with Crippen molar-refractivity contribution in [2.24, 2.45) is 0 Å². The second-order valence-electron chi connectivity index (χ2n) is 6.88. The lowest BCUT2D eigenvalue weighted by atomic mass is 10.0. The van der Waals surface area contributed by atoms with Gasteiger partial charge >= 0.3 is 0 Å². The minimum atomic E-state index is 0.792. The first-order valence-corrected chi connectivity index (χ1v) is 9.95. The van der Waals surface area contributed by atoms with Crippen LogP contribution < -0.4 is 4.74 Å². The summed E-state index contributed by atoms with van der Waals surface area (Å²) in [6, 6.07) is 18.7. The summed E-state index contributed by atoms with van der Waals surface area (Å²) in [5.41, 5.74) is 2.16. The van der Waals surface area contributed by atoms with Gasteiger partial charge in [-0.1, -0.05) is 81.8 Å². The van der Waals surface area contributed by atoms with Gasteiger partial charge in [-0.3, -0.25) is 4.98 Å². The van der Waals surface area contributed by atoms with Crippen LogP contribution in [0, 0.1) is 0 Å². The summed E-state index contributed by atoms with van der Waals surface area (Å²) in [6.07, 6.45) is 11.0. The Bertz CT molecular complexity index is 798. The molecule has 0 fully saturated rings. The van der Waals surface area contributed by atoms with Crippen molar-refractivity contribution in [3.8, 4) is 17.0 Å². The standard InChI is InChI=1S/C24H29NO/c1-2-3-4-5-6-7-11-18-26-22-15-14-20-16-17-25-24(23(20)19-22)21-12-9-8-10-13-21/h8-10,12-17,19H,2-7,11,18H2,1H3. The average Bonchev–Trinajstić information content (AvgIpc) is 2.70. The van der Waals surface area contributed by atoms with Gasteiger partial charge in [-0.05, 0) is 30.0 Å². The molecular weight excluding hydrogens is 318 g/mol. The molecule has 3 aromatic rings. The lowest BCUT2D eigenvalue weighted by Gasteiger charge is -2.10. The Morgan fingerprint density at radius 3 is 2.38 bits per heavy atom. The Balaban J connectivity index is 1.60. The third kappa shape index (κ3) is 5.08. The van der Waals surface area contributed by atoms with Crippen LogP contribution in [0.1, 0.15) is 51.9 Å². The third-order valence-electron chi connectivity index (χ3n) is 4.80. The Morgan fingerprint density at radius 1 is 0.808 bits per heavy atom. The molecule has 0 unspecified atom stereocenters. The molecule has 1 heterocycles. The van der Waals surface area contributed by atoms with E-state index < -0.39 is 0 Å². The number of hydrogen-bond acceptors (Lipinski definition) is 2. The third-order valence-corrected chi connectivity index (χ3v) is 4.80. The first-order valence-electron chi connectivity index (χ1n) is 9.95. The van der Waals surface area contributed by atoms with E-state index in [9.17, 15) is 0 Å². The highest BCUT2D eigenvalue weighted by atomic mass is 16.5. The van der Waals surface area contributed by atoms with Gasteiger partial charge in [-0.2, -0.15) is 0 Å². The number of hydrogen-bond donors (Lipinski definition) is 0. The van der Waals surface area contributed by atoms with Gasteiger partial charge in [0, 0.05) is 17.1 Å². The van der Waals surface area contributed by atoms with E-state index in [1.807, 2.05) is 12.3 Å². The Hall–Kier alpha value is -2.35. The molecule has 2 nitrogen and oxygen atoms in total. The molecule has 0 bridgehead atoms. The van der Waals surface area contributed by atoms with Crippen LogP contribution in [0.5, 0.6) is 5.75 Å². The van der Waals surface area contributed by atoms with Crippen molar-refractivity contribution >= 4 is 10.8 Å². The summed E-state index contributed by atoms with van der Waals surface area (Å²) < 4.78 is 6.00. The first-order chi connectivity index (χ1) is 12.9. The maximum Gasteiger partial charge on any atom is 0.120 e. The molecular formula is C24H29NO. The highest BCUT2D eigenvalue weighted by Gasteiger charge is 2.06. The number of benzene rings is 2. The van der Waals surface area contributed by atoms with E-state index in [1.165, 1.54) is 43.9 Å². The van der Waals surface area contributed by atoms with Crippen molar-refractivity contribution in [1.29, 1.82) is 0 Å². The zero-order valence-corrected chi connectivity index (χ0v) is 15.8. The SMILES string of the molecule is CCCCCCCCCOc1ccc2ccnc(-c3ccccc3)c2c1. The number of aromatic nitrogens is 1. The van der Waals surface area contributed by atoms with Crippen molar-refractivity contribution < 1.29 is 4.74 Å². The largest absolute Gasteiger partial charge is 0.494 e. The molecule has 0 N–H and O–H groups in total. The van der Waals surface area contributed by atoms with Crippen molar-refractivity contribution in [3.63, 3.8) is 0 Å². The maximum absolute atomic E-state index is 6.00. The number of pyridine rings is 1. The van der Waals surface area contributed by atoms with Crippen LogP contribution in [0.3, 0.4) is 0 Å². The molecule has 0 spiro atoms. The van der Waals surface area contributed by atoms with Crippen LogP contribution in [-0.2, 0) is 0 Å². The van der Waals surface area contributed by atoms with Crippen LogP contribution in [-0.4, -0.2) is 11.6 Å². The molecule has 2 aromatic carbocycles. The number of nitrogens with zero attached hydrogens (tertiary/aromatic N) is 1. The van der Waals surface area contributed by atoms with E-state index in [0.29, 0.717) is 0 Å². The van der Waals surface area contributed by atoms with Gasteiger partial charge in [0.05, 0.1) is 12.3 Å². The van der Waals surface area contributed by atoms with Crippen molar-refractivity contribution in [2.75, 3.05) is 6.61 Å². The minimum absolute atomic E-state index is 0.792. The van der Waals surface area contributed by atoms with Gasteiger partial charge < -0.3 is 4.74 Å². The summed E-state index contributed by atoms with van der Waals surface area (Å²) in [5, 5.41) is 2.35. The molecule has 3 rings (SSSR count). The summed E-state index contributed by atoms with van der Waals surface area (Å²) >= 11 is 0. The summed E-state index contributed by atoms with van der Waals surface area (Å²) in [5.74, 6) is 0.939. The molecule has 0 radical (unpaired) electrons. The monoisotopic (exact) mass is 347 g/mol. The fourth-order valence-corrected chi connectivity index (χ4v) is 3.31. The molecule has 0 saturated carbocycles. The minimum Gasteiger partial charge on any atom is -0.494 e. The van der Waals surface area contributed by atoms with E-state index in [0.717, 1.165) is 35.4 Å². The molecule has 0 aliphatic heterocycles. The molecule has 0 saturated heterocycles. The maximum atomic E-state index is 6.00. The number of unbranched alkanes of at least 4 members (excludes halogenated alkanes) is 6. The predicted octanol–water partition coefficient (Wildman–Crippen LogP) is 7.03. The highest BCUT2D eigenvalue weighted by Crippen LogP contribution is 2.29. The average molecular weight is 348 g/mol. The molecule has 2 heteroatoms. The Kier molecular flexibility index (Phi) is 7.06. The number of fused-ring (bicyclic) bond motifs is 1. The van der Waals surface area contributed by atoms with Crippen LogP contribution in [0.4, 0.5) is 0 Å². The molecule has 136 valence electrons. The molecule has 0 atom stereocenters. The van der Waals surface area contributed by atoms with Crippen molar-refractivity contribution in [1.82, 2.24) is 4.98 Å². The van der Waals surface area contributed by atoms with Gasteiger partial charge in [0.25, 0.3) is 0 Å². The molecule has 0 aliphatic rings. The summed E-state index contributed by atoms with van der Waals surface area (Å²) in [6.45, 7) is 3.05. The van der Waals surface area contributed by atoms with Gasteiger partial charge in [0.2, 0.25) is 0 Å². The molecule has 0 amide bonds. The quantitative estimate of drug-likeness (QED) is 0.367. The van der Waals surface area contributed by atoms with E-state index in [2.05, 4.69) is 60.4 Å². The van der Waals surface area contributed by atoms with Crippen molar-refractivity contribution in [3.05, 3.63) is 60.8 Å². The lowest BCUT2D eigenvalue weighted by molar-refractivity contribution is 0.304. The predicted molar refractivity (Wildman–Crippen MR) is 111 cm³/mol. The first kappa shape index (κ1) is 18.4. The summed E-state index contributed by atoms with van der Waals surface area (Å²) in [7, 11) is 0. The van der Waals surface area contributed by atoms with Crippen LogP contribution in [0.25, 0.3) is 22.0 Å². The Labute approximate surface area is 157 Å². The van der Waals surface area contributed by atoms with Crippen LogP contribution >= 0.6 is 0 Å². The van der Waals surface area contributed by atoms with E-state index in [4.69, 9.17) is 4.74 Å². The highest BCUT2D eigenvalue weighted by molar-refractivity contribution is 5.95. The molecule has 26 heavy (non-hydrogen) atoms. The second-order valence-corrected chi connectivity index (χ2v) is 6.88. The zero-order chi connectivity index (χ0) is 18.0. The van der Waals surface area contributed by atoms with Crippen molar-refractivity contribution in [2.45, 2.75) is 51.9 Å². The molecule has 1 aromatic heterocycles. The van der Waals surface area contributed by atoms with E-state index in [-0.39, 0.29) is 0 Å². The number of ether oxygens (including phenoxy) is 1. The van der Waals surface area contributed by atoms with Crippen LogP contribution in [0.2, 0.25) is 0 Å². The fourth-order valence-electron chi connectivity index (χ4n) is 3.31. The lowest BCUT2D eigenvalue weighted by Crippen LogP contribution is -1.97. The topological polar surface area (TPSA) is 22.1 Å². The Morgan fingerprint density at radius 2 is 1.58 bits per heavy atom. The zero-order valence-electron chi connectivity index (χ0n) is 15.8. The smallest absolute Gasteiger partial charge is 0.120 e. The second kappa shape index (κ2) is 9.96. The van der Waals surface area contributed by atoms with Gasteiger partial charge in [-0.15, -0.1) is 0 Å². The number of rotatable bonds is 10. The van der Waals surface area contributed by atoms with Gasteiger partial charge in [-0.25, -0.2) is 0 Å². The summed E-state index contributed by atoms with van der Waals surface area (Å²) in [4.78, 5) is 4.61. The van der Waals surface area contributed by atoms with Crippen LogP contribution in [0.15, 0.2) is 60.8 Å². The molecule has 0 aliphatic carbocycles. The van der Waals surface area contributed by atoms with Gasteiger partial charge in [0.15, 0.2) is 0 Å².